The molecule has 0 saturated carbocycles. The van der Waals surface area contributed by atoms with Gasteiger partial charge in [-0.1, -0.05) is 6.07 Å². The molecule has 0 aliphatic rings. The van der Waals surface area contributed by atoms with Gasteiger partial charge in [-0.05, 0) is 31.5 Å². The van der Waals surface area contributed by atoms with Gasteiger partial charge < -0.3 is 15.6 Å². The number of aliphatic carboxylic acids is 1. The summed E-state index contributed by atoms with van der Waals surface area (Å²) < 4.78 is 18.6. The largest absolute Gasteiger partial charge is 0.488 e. The number of carboxylic acids is 1. The lowest BCUT2D eigenvalue weighted by atomic mass is 10.1. The Labute approximate surface area is 92.8 Å². The van der Waals surface area contributed by atoms with E-state index in [0.29, 0.717) is 0 Å². The minimum Gasteiger partial charge on any atom is -0.488 e. The van der Waals surface area contributed by atoms with Gasteiger partial charge in [-0.25, -0.2) is 4.39 Å². The summed E-state index contributed by atoms with van der Waals surface area (Å²) in [5.74, 6) is -1.71. The van der Waals surface area contributed by atoms with Crippen LogP contribution in [-0.2, 0) is 4.79 Å². The zero-order valence-corrected chi connectivity index (χ0v) is 9.11. The van der Waals surface area contributed by atoms with Crippen LogP contribution < -0.4 is 10.5 Å². The molecule has 1 atom stereocenters. The van der Waals surface area contributed by atoms with Crippen molar-refractivity contribution in [3.8, 4) is 5.75 Å². The van der Waals surface area contributed by atoms with Crippen LogP contribution in [0.5, 0.6) is 5.75 Å². The molecule has 0 amide bonds. The average Bonchev–Trinajstić information content (AvgIpc) is 2.19. The summed E-state index contributed by atoms with van der Waals surface area (Å²) in [5.41, 5.74) is 5.56. The summed E-state index contributed by atoms with van der Waals surface area (Å²) in [6, 6.07) is 2.69. The Hall–Kier alpha value is -1.62. The lowest BCUT2D eigenvalue weighted by molar-refractivity contribution is -0.138. The molecule has 1 aromatic carbocycles. The second-order valence-corrected chi connectivity index (χ2v) is 3.67. The van der Waals surface area contributed by atoms with Crippen molar-refractivity contribution < 1.29 is 19.0 Å². The van der Waals surface area contributed by atoms with E-state index in [1.165, 1.54) is 12.1 Å². The van der Waals surface area contributed by atoms with Crippen LogP contribution in [0.1, 0.15) is 25.5 Å². The predicted molar refractivity (Wildman–Crippen MR) is 56.7 cm³/mol. The fourth-order valence-corrected chi connectivity index (χ4v) is 1.20. The normalized spacial score (nSPS) is 12.6. The molecule has 5 heteroatoms. The third kappa shape index (κ3) is 2.93. The Morgan fingerprint density at radius 3 is 2.56 bits per heavy atom. The molecule has 0 radical (unpaired) electrons. The van der Waals surface area contributed by atoms with Crippen LogP contribution in [0.25, 0.3) is 0 Å². The van der Waals surface area contributed by atoms with E-state index in [2.05, 4.69) is 0 Å². The SMILES string of the molecule is CC(C)Oc1ccc(C(N)C(=O)O)cc1F. The van der Waals surface area contributed by atoms with Gasteiger partial charge in [-0.15, -0.1) is 0 Å². The summed E-state index contributed by atoms with van der Waals surface area (Å²) >= 11 is 0. The van der Waals surface area contributed by atoms with Gasteiger partial charge >= 0.3 is 5.97 Å². The average molecular weight is 227 g/mol. The highest BCUT2D eigenvalue weighted by atomic mass is 19.1. The fraction of sp³-hybridized carbons (Fsp3) is 0.364. The summed E-state index contributed by atoms with van der Waals surface area (Å²) in [4.78, 5) is 10.6. The number of hydrogen-bond donors (Lipinski definition) is 2. The smallest absolute Gasteiger partial charge is 0.325 e. The number of hydrogen-bond acceptors (Lipinski definition) is 3. The van der Waals surface area contributed by atoms with Crippen LogP contribution in [0.4, 0.5) is 4.39 Å². The lowest BCUT2D eigenvalue weighted by Crippen LogP contribution is -2.20. The molecule has 0 aromatic heterocycles. The van der Waals surface area contributed by atoms with Crippen molar-refractivity contribution in [1.29, 1.82) is 0 Å². The number of halogens is 1. The standard InChI is InChI=1S/C11H14FNO3/c1-6(2)16-9-4-3-7(5-8(9)12)10(13)11(14)15/h3-6,10H,13H2,1-2H3,(H,14,15). The minimum atomic E-state index is -1.22. The summed E-state index contributed by atoms with van der Waals surface area (Å²) in [6.45, 7) is 3.55. The molecule has 0 aliphatic carbocycles. The maximum atomic E-state index is 13.5. The first-order chi connectivity index (χ1) is 7.41. The van der Waals surface area contributed by atoms with Crippen LogP contribution in [0.3, 0.4) is 0 Å². The van der Waals surface area contributed by atoms with E-state index in [1.807, 2.05) is 0 Å². The van der Waals surface area contributed by atoms with Crippen molar-refractivity contribution >= 4 is 5.97 Å². The monoisotopic (exact) mass is 227 g/mol. The van der Waals surface area contributed by atoms with Crippen LogP contribution in [0.2, 0.25) is 0 Å². The molecule has 0 spiro atoms. The fourth-order valence-electron chi connectivity index (χ4n) is 1.20. The van der Waals surface area contributed by atoms with Gasteiger partial charge in [-0.3, -0.25) is 4.79 Å². The molecule has 4 nitrogen and oxygen atoms in total. The zero-order chi connectivity index (χ0) is 12.3. The molecule has 0 aliphatic heterocycles. The lowest BCUT2D eigenvalue weighted by Gasteiger charge is -2.12. The van der Waals surface area contributed by atoms with Crippen LogP contribution >= 0.6 is 0 Å². The van der Waals surface area contributed by atoms with Gasteiger partial charge in [0.05, 0.1) is 6.10 Å². The highest BCUT2D eigenvalue weighted by molar-refractivity contribution is 5.75. The Kier molecular flexibility index (Phi) is 3.84. The molecule has 0 bridgehead atoms. The van der Waals surface area contributed by atoms with Crippen molar-refractivity contribution in [2.75, 3.05) is 0 Å². The second kappa shape index (κ2) is 4.94. The van der Waals surface area contributed by atoms with E-state index in [1.54, 1.807) is 13.8 Å². The van der Waals surface area contributed by atoms with Gasteiger partial charge in [0.25, 0.3) is 0 Å². The Morgan fingerprint density at radius 2 is 2.12 bits per heavy atom. The Balaban J connectivity index is 2.95. The van der Waals surface area contributed by atoms with Crippen LogP contribution in [-0.4, -0.2) is 17.2 Å². The van der Waals surface area contributed by atoms with Crippen LogP contribution in [0.15, 0.2) is 18.2 Å². The molecule has 16 heavy (non-hydrogen) atoms. The van der Waals surface area contributed by atoms with Gasteiger partial charge in [0.2, 0.25) is 0 Å². The molecule has 0 fully saturated rings. The molecule has 88 valence electrons. The Morgan fingerprint density at radius 1 is 1.50 bits per heavy atom. The number of rotatable bonds is 4. The number of carbonyl (C=O) groups is 1. The molecule has 0 saturated heterocycles. The molecule has 1 aromatic rings. The maximum Gasteiger partial charge on any atom is 0.325 e. The van der Waals surface area contributed by atoms with E-state index in [9.17, 15) is 9.18 Å². The summed E-state index contributed by atoms with van der Waals surface area (Å²) in [6.07, 6.45) is -0.145. The molecule has 3 N–H and O–H groups in total. The highest BCUT2D eigenvalue weighted by Gasteiger charge is 2.16. The van der Waals surface area contributed by atoms with Gasteiger partial charge in [0.15, 0.2) is 11.6 Å². The molecule has 0 heterocycles. The first kappa shape index (κ1) is 12.4. The predicted octanol–water partition coefficient (Wildman–Crippen LogP) is 1.70. The number of nitrogens with two attached hydrogens (primary N) is 1. The molecular formula is C11H14FNO3. The molecule has 1 rings (SSSR count). The highest BCUT2D eigenvalue weighted by Crippen LogP contribution is 2.22. The van der Waals surface area contributed by atoms with Gasteiger partial charge in [0, 0.05) is 0 Å². The third-order valence-corrected chi connectivity index (χ3v) is 1.94. The third-order valence-electron chi connectivity index (χ3n) is 1.94. The number of ether oxygens (including phenoxy) is 1. The van der Waals surface area contributed by atoms with Crippen molar-refractivity contribution in [2.24, 2.45) is 5.73 Å². The van der Waals surface area contributed by atoms with Crippen molar-refractivity contribution in [1.82, 2.24) is 0 Å². The van der Waals surface area contributed by atoms with Gasteiger partial charge in [0.1, 0.15) is 6.04 Å². The van der Waals surface area contributed by atoms with Crippen molar-refractivity contribution in [3.63, 3.8) is 0 Å². The van der Waals surface area contributed by atoms with E-state index in [0.717, 1.165) is 6.07 Å². The first-order valence-electron chi connectivity index (χ1n) is 4.86. The minimum absolute atomic E-state index is 0.0938. The maximum absolute atomic E-state index is 13.5. The van der Waals surface area contributed by atoms with Crippen molar-refractivity contribution in [3.05, 3.63) is 29.6 Å². The van der Waals surface area contributed by atoms with E-state index < -0.39 is 17.8 Å². The zero-order valence-electron chi connectivity index (χ0n) is 9.11. The summed E-state index contributed by atoms with van der Waals surface area (Å²) in [5, 5.41) is 8.66. The topological polar surface area (TPSA) is 72.5 Å². The van der Waals surface area contributed by atoms with E-state index >= 15 is 0 Å². The second-order valence-electron chi connectivity index (χ2n) is 3.67. The van der Waals surface area contributed by atoms with E-state index in [4.69, 9.17) is 15.6 Å². The molecular weight excluding hydrogens is 213 g/mol. The Bertz CT molecular complexity index is 393. The van der Waals surface area contributed by atoms with Crippen molar-refractivity contribution in [2.45, 2.75) is 26.0 Å². The van der Waals surface area contributed by atoms with Crippen LogP contribution in [0, 0.1) is 5.82 Å². The quantitative estimate of drug-likeness (QED) is 0.821. The molecule has 1 unspecified atom stereocenters. The van der Waals surface area contributed by atoms with Gasteiger partial charge in [-0.2, -0.15) is 0 Å². The van der Waals surface area contributed by atoms with E-state index in [-0.39, 0.29) is 17.4 Å². The first-order valence-corrected chi connectivity index (χ1v) is 4.86. The number of benzene rings is 1. The summed E-state index contributed by atoms with van der Waals surface area (Å²) in [7, 11) is 0. The number of carboxylic acid groups (broad SMARTS) is 1.